The van der Waals surface area contributed by atoms with Crippen LogP contribution in [0.4, 0.5) is 0 Å². The van der Waals surface area contributed by atoms with Gasteiger partial charge in [-0.1, -0.05) is 42.5 Å². The van der Waals surface area contributed by atoms with E-state index in [4.69, 9.17) is 0 Å². The molecule has 3 aliphatic heterocycles. The Kier molecular flexibility index (Phi) is 6.24. The van der Waals surface area contributed by atoms with Crippen molar-refractivity contribution >= 4 is 17.7 Å². The third-order valence-corrected chi connectivity index (χ3v) is 7.11. The second kappa shape index (κ2) is 9.45. The van der Waals surface area contributed by atoms with Gasteiger partial charge >= 0.3 is 0 Å². The summed E-state index contributed by atoms with van der Waals surface area (Å²) in [5.41, 5.74) is 4.12. The average molecular weight is 447 g/mol. The fourth-order valence-corrected chi connectivity index (χ4v) is 5.32. The van der Waals surface area contributed by atoms with Crippen molar-refractivity contribution in [3.63, 3.8) is 0 Å². The fourth-order valence-electron chi connectivity index (χ4n) is 5.32. The van der Waals surface area contributed by atoms with Gasteiger partial charge in [-0.3, -0.25) is 24.6 Å². The zero-order valence-corrected chi connectivity index (χ0v) is 18.8. The van der Waals surface area contributed by atoms with Crippen LogP contribution in [0.15, 0.2) is 48.5 Å². The van der Waals surface area contributed by atoms with Crippen molar-refractivity contribution in [2.75, 3.05) is 13.1 Å². The lowest BCUT2D eigenvalue weighted by Crippen LogP contribution is -2.52. The topological polar surface area (TPSA) is 81.8 Å². The summed E-state index contributed by atoms with van der Waals surface area (Å²) in [4.78, 5) is 41.4. The third kappa shape index (κ3) is 4.56. The Hall–Kier alpha value is -3.03. The number of nitrogens with one attached hydrogen (secondary N) is 2. The van der Waals surface area contributed by atoms with Crippen molar-refractivity contribution in [3.8, 4) is 0 Å². The van der Waals surface area contributed by atoms with Gasteiger partial charge in [0.1, 0.15) is 6.04 Å². The molecule has 2 saturated heterocycles. The molecule has 0 saturated carbocycles. The van der Waals surface area contributed by atoms with E-state index in [1.165, 1.54) is 5.56 Å². The van der Waals surface area contributed by atoms with Crippen LogP contribution in [-0.4, -0.2) is 52.7 Å². The number of hydrogen-bond acceptors (Lipinski definition) is 5. The molecule has 2 fully saturated rings. The molecular formula is C26H30N4O3. The molecule has 0 bridgehead atoms. The third-order valence-electron chi connectivity index (χ3n) is 7.11. The lowest BCUT2D eigenvalue weighted by molar-refractivity contribution is -0.136. The minimum absolute atomic E-state index is 0.113. The van der Waals surface area contributed by atoms with E-state index in [2.05, 4.69) is 45.9 Å². The second-order valence-corrected chi connectivity index (χ2v) is 9.21. The minimum Gasteiger partial charge on any atom is -0.322 e. The van der Waals surface area contributed by atoms with E-state index >= 15 is 0 Å². The van der Waals surface area contributed by atoms with E-state index in [-0.39, 0.29) is 24.1 Å². The number of nitrogens with zero attached hydrogens (tertiary/aromatic N) is 2. The number of benzene rings is 2. The van der Waals surface area contributed by atoms with E-state index in [0.717, 1.165) is 50.1 Å². The number of amides is 3. The molecule has 2 aromatic rings. The average Bonchev–Trinajstić information content (AvgIpc) is 3.17. The Morgan fingerprint density at radius 2 is 1.70 bits per heavy atom. The van der Waals surface area contributed by atoms with Crippen LogP contribution in [-0.2, 0) is 29.2 Å². The van der Waals surface area contributed by atoms with E-state index in [1.807, 2.05) is 18.2 Å². The molecule has 0 spiro atoms. The second-order valence-electron chi connectivity index (χ2n) is 9.21. The molecule has 1 unspecified atom stereocenters. The van der Waals surface area contributed by atoms with Crippen molar-refractivity contribution < 1.29 is 14.4 Å². The summed E-state index contributed by atoms with van der Waals surface area (Å²) in [5.74, 6) is -0.744. The van der Waals surface area contributed by atoms with Gasteiger partial charge in [0.25, 0.3) is 5.91 Å². The summed E-state index contributed by atoms with van der Waals surface area (Å²) in [6.45, 7) is 4.08. The highest BCUT2D eigenvalue weighted by Crippen LogP contribution is 2.31. The summed E-state index contributed by atoms with van der Waals surface area (Å²) in [7, 11) is 0. The van der Waals surface area contributed by atoms with Crippen molar-refractivity contribution in [2.24, 2.45) is 0 Å². The summed E-state index contributed by atoms with van der Waals surface area (Å²) < 4.78 is 0. The molecule has 5 rings (SSSR count). The summed E-state index contributed by atoms with van der Waals surface area (Å²) in [6.07, 6.45) is 2.85. The SMILES string of the molecule is O=C1CCC(N2Cc3c(CN(Cc4ccccc4)C4CCNCC4)cccc3C2=O)C(=O)N1. The van der Waals surface area contributed by atoms with Gasteiger partial charge in [-0.2, -0.15) is 0 Å². The maximum atomic E-state index is 13.2. The number of imide groups is 1. The van der Waals surface area contributed by atoms with Crippen molar-refractivity contribution in [1.29, 1.82) is 0 Å². The Morgan fingerprint density at radius 3 is 2.45 bits per heavy atom. The maximum absolute atomic E-state index is 13.2. The van der Waals surface area contributed by atoms with E-state index in [0.29, 0.717) is 24.6 Å². The first kappa shape index (κ1) is 21.8. The first-order valence-corrected chi connectivity index (χ1v) is 11.8. The zero-order valence-electron chi connectivity index (χ0n) is 18.8. The molecule has 2 aromatic carbocycles. The molecule has 0 radical (unpaired) electrons. The highest BCUT2D eigenvalue weighted by atomic mass is 16.2. The molecule has 3 heterocycles. The number of rotatable bonds is 6. The summed E-state index contributed by atoms with van der Waals surface area (Å²) in [6, 6.07) is 16.3. The standard InChI is InChI=1S/C26H30N4O3/c31-24-10-9-23(25(32)28-24)30-17-22-19(7-4-8-21(22)26(30)33)16-29(20-11-13-27-14-12-20)15-18-5-2-1-3-6-18/h1-8,20,23,27H,9-17H2,(H,28,31,32). The largest absolute Gasteiger partial charge is 0.322 e. The molecule has 7 nitrogen and oxygen atoms in total. The van der Waals surface area contributed by atoms with Crippen molar-refractivity contribution in [3.05, 3.63) is 70.8 Å². The van der Waals surface area contributed by atoms with Gasteiger partial charge in [0.2, 0.25) is 11.8 Å². The van der Waals surface area contributed by atoms with Gasteiger partial charge in [-0.25, -0.2) is 0 Å². The predicted octanol–water partition coefficient (Wildman–Crippen LogP) is 2.20. The van der Waals surface area contributed by atoms with Gasteiger partial charge in [0.15, 0.2) is 0 Å². The van der Waals surface area contributed by atoms with E-state index in [1.54, 1.807) is 4.90 Å². The smallest absolute Gasteiger partial charge is 0.255 e. The molecule has 0 aliphatic carbocycles. The van der Waals surface area contributed by atoms with E-state index in [9.17, 15) is 14.4 Å². The number of carbonyl (C=O) groups is 3. The maximum Gasteiger partial charge on any atom is 0.255 e. The molecule has 1 atom stereocenters. The molecule has 2 N–H and O–H groups in total. The quantitative estimate of drug-likeness (QED) is 0.665. The Bertz CT molecular complexity index is 1050. The Morgan fingerprint density at radius 1 is 0.909 bits per heavy atom. The van der Waals surface area contributed by atoms with Crippen LogP contribution in [0.5, 0.6) is 0 Å². The highest BCUT2D eigenvalue weighted by molar-refractivity contribution is 6.05. The van der Waals surface area contributed by atoms with Crippen LogP contribution in [0.2, 0.25) is 0 Å². The first-order valence-electron chi connectivity index (χ1n) is 11.8. The fraction of sp³-hybridized carbons (Fsp3) is 0.423. The van der Waals surface area contributed by atoms with Gasteiger partial charge in [-0.15, -0.1) is 0 Å². The van der Waals surface area contributed by atoms with Gasteiger partial charge in [-0.05, 0) is 55.1 Å². The van der Waals surface area contributed by atoms with Gasteiger partial charge in [0, 0.05) is 37.7 Å². The van der Waals surface area contributed by atoms with Crippen molar-refractivity contribution in [1.82, 2.24) is 20.4 Å². The molecule has 7 heteroatoms. The van der Waals surface area contributed by atoms with Gasteiger partial charge < -0.3 is 10.2 Å². The number of hydrogen-bond donors (Lipinski definition) is 2. The highest BCUT2D eigenvalue weighted by Gasteiger charge is 2.40. The molecule has 0 aromatic heterocycles. The number of fused-ring (bicyclic) bond motifs is 1. The summed E-state index contributed by atoms with van der Waals surface area (Å²) in [5, 5.41) is 5.84. The lowest BCUT2D eigenvalue weighted by atomic mass is 9.99. The molecule has 3 aliphatic rings. The number of piperidine rings is 2. The van der Waals surface area contributed by atoms with Crippen LogP contribution in [0, 0.1) is 0 Å². The predicted molar refractivity (Wildman–Crippen MR) is 124 cm³/mol. The first-order chi connectivity index (χ1) is 16.1. The normalized spacial score (nSPS) is 21.4. The minimum atomic E-state index is -0.583. The van der Waals surface area contributed by atoms with Crippen LogP contribution < -0.4 is 10.6 Å². The van der Waals surface area contributed by atoms with Crippen LogP contribution >= 0.6 is 0 Å². The molecule has 33 heavy (non-hydrogen) atoms. The van der Waals surface area contributed by atoms with Crippen LogP contribution in [0.25, 0.3) is 0 Å². The Balaban J connectivity index is 1.39. The Labute approximate surface area is 194 Å². The molecular weight excluding hydrogens is 416 g/mol. The number of carbonyl (C=O) groups excluding carboxylic acids is 3. The van der Waals surface area contributed by atoms with E-state index < -0.39 is 6.04 Å². The van der Waals surface area contributed by atoms with Crippen LogP contribution in [0.1, 0.15) is 52.7 Å². The molecule has 3 amide bonds. The van der Waals surface area contributed by atoms with Crippen LogP contribution in [0.3, 0.4) is 0 Å². The van der Waals surface area contributed by atoms with Gasteiger partial charge in [0.05, 0.1) is 0 Å². The summed E-state index contributed by atoms with van der Waals surface area (Å²) >= 11 is 0. The zero-order chi connectivity index (χ0) is 22.8. The monoisotopic (exact) mass is 446 g/mol. The van der Waals surface area contributed by atoms with Crippen molar-refractivity contribution in [2.45, 2.75) is 57.4 Å². The molecule has 172 valence electrons. The lowest BCUT2D eigenvalue weighted by Gasteiger charge is -2.35.